The molecule has 0 unspecified atom stereocenters. The van der Waals surface area contributed by atoms with E-state index in [1.807, 2.05) is 51.1 Å². The van der Waals surface area contributed by atoms with Crippen molar-refractivity contribution in [2.24, 2.45) is 0 Å². The Morgan fingerprint density at radius 3 is 2.59 bits per heavy atom. The Morgan fingerprint density at radius 1 is 1.18 bits per heavy atom. The molecule has 0 aliphatic carbocycles. The van der Waals surface area contributed by atoms with E-state index in [9.17, 15) is 9.18 Å². The number of aryl methyl sites for hydroxylation is 2. The maximum atomic E-state index is 14.7. The molecule has 34 heavy (non-hydrogen) atoms. The third-order valence-electron chi connectivity index (χ3n) is 5.21. The smallest absolute Gasteiger partial charge is 0.226 e. The number of nitrogens with zero attached hydrogens (tertiary/aromatic N) is 4. The monoisotopic (exact) mass is 480 g/mol. The van der Waals surface area contributed by atoms with Crippen molar-refractivity contribution in [1.29, 1.82) is 0 Å². The summed E-state index contributed by atoms with van der Waals surface area (Å²) in [5, 5.41) is 14.1. The van der Waals surface area contributed by atoms with Crippen LogP contribution in [-0.2, 0) is 11.3 Å². The number of rotatable bonds is 8. The van der Waals surface area contributed by atoms with Gasteiger partial charge in [-0.2, -0.15) is 10.2 Å². The van der Waals surface area contributed by atoms with Gasteiger partial charge in [-0.15, -0.1) is 0 Å². The molecule has 0 aliphatic rings. The number of amides is 1. The van der Waals surface area contributed by atoms with E-state index in [2.05, 4.69) is 20.6 Å². The molecule has 2 aromatic heterocycles. The maximum Gasteiger partial charge on any atom is 0.226 e. The minimum Gasteiger partial charge on any atom is -0.494 e. The number of hydrogen-bond acceptors (Lipinski definition) is 5. The molecule has 0 spiro atoms. The van der Waals surface area contributed by atoms with Crippen LogP contribution in [-0.4, -0.2) is 37.1 Å². The maximum absolute atomic E-state index is 14.7. The topological polar surface area (TPSA) is 89.8 Å². The molecule has 10 heteroatoms. The number of nitrogens with one attached hydrogen (secondary N) is 2. The number of hydrogen-bond donors (Lipinski definition) is 2. The van der Waals surface area contributed by atoms with Crippen molar-refractivity contribution >= 4 is 23.8 Å². The SMILES string of the molecule is CCOc1ccc(-c2n[nH]c(=S)n2CCC(=O)Nc2ccc(-n3nc(C)cc3C)c(F)c2)cc1. The first-order valence-corrected chi connectivity index (χ1v) is 11.3. The van der Waals surface area contributed by atoms with E-state index in [-0.39, 0.29) is 12.3 Å². The molecule has 0 bridgehead atoms. The van der Waals surface area contributed by atoms with E-state index in [1.165, 1.54) is 6.07 Å². The van der Waals surface area contributed by atoms with Crippen LogP contribution in [0.4, 0.5) is 10.1 Å². The van der Waals surface area contributed by atoms with Gasteiger partial charge in [-0.05, 0) is 81.5 Å². The van der Waals surface area contributed by atoms with Crippen LogP contribution in [0, 0.1) is 24.4 Å². The predicted octanol–water partition coefficient (Wildman–Crippen LogP) is 4.98. The molecule has 2 heterocycles. The minimum atomic E-state index is -0.473. The van der Waals surface area contributed by atoms with Gasteiger partial charge >= 0.3 is 0 Å². The summed E-state index contributed by atoms with van der Waals surface area (Å²) in [6, 6.07) is 13.9. The van der Waals surface area contributed by atoms with Crippen molar-refractivity contribution in [1.82, 2.24) is 24.5 Å². The Kier molecular flexibility index (Phi) is 6.87. The van der Waals surface area contributed by atoms with Gasteiger partial charge in [0.1, 0.15) is 11.4 Å². The van der Waals surface area contributed by atoms with Gasteiger partial charge in [0.2, 0.25) is 5.91 Å². The molecular weight excluding hydrogens is 455 g/mol. The van der Waals surface area contributed by atoms with Crippen LogP contribution >= 0.6 is 12.2 Å². The molecule has 0 fully saturated rings. The number of benzene rings is 2. The van der Waals surface area contributed by atoms with Crippen LogP contribution in [0.25, 0.3) is 17.1 Å². The second kappa shape index (κ2) is 10.0. The van der Waals surface area contributed by atoms with Crippen molar-refractivity contribution in [2.45, 2.75) is 33.7 Å². The summed E-state index contributed by atoms with van der Waals surface area (Å²) < 4.78 is 23.9. The highest BCUT2D eigenvalue weighted by atomic mass is 32.1. The summed E-state index contributed by atoms with van der Waals surface area (Å²) in [4.78, 5) is 12.6. The first-order chi connectivity index (χ1) is 16.4. The molecule has 4 aromatic rings. The normalized spacial score (nSPS) is 10.9. The molecule has 0 atom stereocenters. The van der Waals surface area contributed by atoms with Crippen LogP contribution in [0.15, 0.2) is 48.5 Å². The largest absolute Gasteiger partial charge is 0.494 e. The average Bonchev–Trinajstić information content (AvgIpc) is 3.34. The Labute approximate surface area is 201 Å². The second-order valence-electron chi connectivity index (χ2n) is 7.76. The number of aromatic amines is 1. The van der Waals surface area contributed by atoms with Gasteiger partial charge in [0, 0.05) is 29.9 Å². The Hall–Kier alpha value is -3.79. The summed E-state index contributed by atoms with van der Waals surface area (Å²) in [6.07, 6.45) is 0.138. The molecule has 2 N–H and O–H groups in total. The molecule has 0 saturated heterocycles. The molecule has 8 nitrogen and oxygen atoms in total. The summed E-state index contributed by atoms with van der Waals surface area (Å²) in [5.41, 5.74) is 3.17. The number of H-pyrrole nitrogens is 1. The summed E-state index contributed by atoms with van der Waals surface area (Å²) in [5.74, 6) is 0.654. The highest BCUT2D eigenvalue weighted by Crippen LogP contribution is 2.22. The van der Waals surface area contributed by atoms with E-state index >= 15 is 0 Å². The number of ether oxygens (including phenoxy) is 1. The highest BCUT2D eigenvalue weighted by molar-refractivity contribution is 7.71. The summed E-state index contributed by atoms with van der Waals surface area (Å²) >= 11 is 5.34. The summed E-state index contributed by atoms with van der Waals surface area (Å²) in [6.45, 7) is 6.54. The number of anilines is 1. The quantitative estimate of drug-likeness (QED) is 0.347. The zero-order valence-corrected chi connectivity index (χ0v) is 19.9. The van der Waals surface area contributed by atoms with E-state index in [0.29, 0.717) is 35.1 Å². The van der Waals surface area contributed by atoms with Gasteiger partial charge in [-0.3, -0.25) is 14.5 Å². The zero-order valence-electron chi connectivity index (χ0n) is 19.1. The van der Waals surface area contributed by atoms with Crippen molar-refractivity contribution < 1.29 is 13.9 Å². The zero-order chi connectivity index (χ0) is 24.2. The lowest BCUT2D eigenvalue weighted by Crippen LogP contribution is -2.15. The first kappa shape index (κ1) is 23.4. The Morgan fingerprint density at radius 2 is 1.94 bits per heavy atom. The van der Waals surface area contributed by atoms with Crippen molar-refractivity contribution in [2.75, 3.05) is 11.9 Å². The lowest BCUT2D eigenvalue weighted by molar-refractivity contribution is -0.116. The molecule has 1 amide bonds. The van der Waals surface area contributed by atoms with Gasteiger partial charge in [-0.1, -0.05) is 0 Å². The third-order valence-corrected chi connectivity index (χ3v) is 5.53. The molecule has 2 aromatic carbocycles. The van der Waals surface area contributed by atoms with Crippen molar-refractivity contribution in [3.63, 3.8) is 0 Å². The van der Waals surface area contributed by atoms with E-state index in [4.69, 9.17) is 17.0 Å². The van der Waals surface area contributed by atoms with Crippen LogP contribution < -0.4 is 10.1 Å². The molecule has 0 aliphatic heterocycles. The van der Waals surface area contributed by atoms with Gasteiger partial charge in [-0.25, -0.2) is 9.07 Å². The lowest BCUT2D eigenvalue weighted by atomic mass is 10.2. The van der Waals surface area contributed by atoms with Crippen LogP contribution in [0.2, 0.25) is 0 Å². The molecule has 0 radical (unpaired) electrons. The van der Waals surface area contributed by atoms with E-state index in [1.54, 1.807) is 21.4 Å². The first-order valence-electron chi connectivity index (χ1n) is 10.9. The minimum absolute atomic E-state index is 0.138. The molecule has 0 saturated carbocycles. The van der Waals surface area contributed by atoms with Gasteiger partial charge in [0.15, 0.2) is 16.4 Å². The number of carbonyl (C=O) groups is 1. The fourth-order valence-electron chi connectivity index (χ4n) is 3.68. The fourth-order valence-corrected chi connectivity index (χ4v) is 3.90. The Balaban J connectivity index is 1.43. The summed E-state index contributed by atoms with van der Waals surface area (Å²) in [7, 11) is 0. The number of carbonyl (C=O) groups excluding carboxylic acids is 1. The predicted molar refractivity (Wildman–Crippen MR) is 130 cm³/mol. The van der Waals surface area contributed by atoms with Gasteiger partial charge < -0.3 is 10.1 Å². The highest BCUT2D eigenvalue weighted by Gasteiger charge is 2.13. The molecule has 4 rings (SSSR count). The van der Waals surface area contributed by atoms with Gasteiger partial charge in [0.05, 0.1) is 12.3 Å². The average molecular weight is 481 g/mol. The second-order valence-corrected chi connectivity index (χ2v) is 8.15. The van der Waals surface area contributed by atoms with Crippen LogP contribution in [0.1, 0.15) is 24.7 Å². The van der Waals surface area contributed by atoms with Crippen LogP contribution in [0.5, 0.6) is 5.75 Å². The van der Waals surface area contributed by atoms with Crippen molar-refractivity contribution in [3.8, 4) is 22.8 Å². The third kappa shape index (κ3) is 5.07. The van der Waals surface area contributed by atoms with Crippen molar-refractivity contribution in [3.05, 3.63) is 70.5 Å². The Bertz CT molecular complexity index is 1370. The van der Waals surface area contributed by atoms with Gasteiger partial charge in [0.25, 0.3) is 0 Å². The molecule has 176 valence electrons. The van der Waals surface area contributed by atoms with Crippen LogP contribution in [0.3, 0.4) is 0 Å². The number of aromatic nitrogens is 5. The number of halogens is 1. The van der Waals surface area contributed by atoms with E-state index < -0.39 is 5.82 Å². The lowest BCUT2D eigenvalue weighted by Gasteiger charge is -2.10. The van der Waals surface area contributed by atoms with E-state index in [0.717, 1.165) is 22.7 Å². The standard InChI is InChI=1S/C24H25FN6O2S/c1-4-33-19-8-5-17(6-9-19)23-27-28-24(34)30(23)12-11-22(32)26-18-7-10-21(20(25)14-18)31-16(3)13-15(2)29-31/h5-10,13-14H,4,11-12H2,1-3H3,(H,26,32)(H,28,34). The fraction of sp³-hybridized carbons (Fsp3) is 0.250. The molecular formula is C24H25FN6O2S.